The number of aromatic nitrogens is 2. The SMILES string of the molecule is CC[C@@H](C)NC(=O)c1cc(-c2cnc(NC(C)C)c(=O)n2CC(=O)O)cc([N+](=O)[O-])c1. The Hall–Kier alpha value is -3.76. The number of hydrogen-bond donors (Lipinski definition) is 3. The zero-order valence-electron chi connectivity index (χ0n) is 17.7. The summed E-state index contributed by atoms with van der Waals surface area (Å²) in [6, 6.07) is 3.39. The highest BCUT2D eigenvalue weighted by Gasteiger charge is 2.20. The number of nitro groups is 1. The molecule has 0 bridgehead atoms. The van der Waals surface area contributed by atoms with Crippen LogP contribution in [0.3, 0.4) is 0 Å². The lowest BCUT2D eigenvalue weighted by molar-refractivity contribution is -0.384. The molecule has 0 aliphatic carbocycles. The highest BCUT2D eigenvalue weighted by atomic mass is 16.6. The lowest BCUT2D eigenvalue weighted by Crippen LogP contribution is -2.32. The first-order chi connectivity index (χ1) is 14.5. The van der Waals surface area contributed by atoms with Crippen LogP contribution in [0.2, 0.25) is 0 Å². The number of nitrogens with one attached hydrogen (secondary N) is 2. The molecule has 0 fully saturated rings. The number of carbonyl (C=O) groups excluding carboxylic acids is 1. The third-order valence-electron chi connectivity index (χ3n) is 4.45. The van der Waals surface area contributed by atoms with Crippen LogP contribution in [-0.4, -0.2) is 43.5 Å². The number of carboxylic acid groups (broad SMARTS) is 1. The van der Waals surface area contributed by atoms with E-state index in [0.29, 0.717) is 6.42 Å². The lowest BCUT2D eigenvalue weighted by Gasteiger charge is -2.16. The number of anilines is 1. The van der Waals surface area contributed by atoms with E-state index in [0.717, 1.165) is 10.6 Å². The van der Waals surface area contributed by atoms with Crippen molar-refractivity contribution >= 4 is 23.4 Å². The van der Waals surface area contributed by atoms with Gasteiger partial charge >= 0.3 is 5.97 Å². The first kappa shape index (κ1) is 23.5. The van der Waals surface area contributed by atoms with Gasteiger partial charge in [-0.2, -0.15) is 0 Å². The van der Waals surface area contributed by atoms with Gasteiger partial charge in [-0.3, -0.25) is 29.1 Å². The molecule has 2 rings (SSSR count). The van der Waals surface area contributed by atoms with Gasteiger partial charge in [0.05, 0.1) is 16.8 Å². The van der Waals surface area contributed by atoms with Crippen molar-refractivity contribution in [1.29, 1.82) is 0 Å². The van der Waals surface area contributed by atoms with Crippen molar-refractivity contribution in [2.24, 2.45) is 0 Å². The molecule has 11 heteroatoms. The number of rotatable bonds is 9. The van der Waals surface area contributed by atoms with Crippen molar-refractivity contribution in [3.05, 3.63) is 50.4 Å². The summed E-state index contributed by atoms with van der Waals surface area (Å²) < 4.78 is 0.954. The second-order valence-corrected chi connectivity index (χ2v) is 7.38. The molecule has 0 radical (unpaired) electrons. The van der Waals surface area contributed by atoms with E-state index in [1.54, 1.807) is 20.8 Å². The number of nitro benzene ring substituents is 1. The maximum absolute atomic E-state index is 12.8. The second-order valence-electron chi connectivity index (χ2n) is 7.38. The van der Waals surface area contributed by atoms with E-state index in [2.05, 4.69) is 15.6 Å². The number of carboxylic acids is 1. The molecule has 0 saturated carbocycles. The van der Waals surface area contributed by atoms with Crippen LogP contribution in [0, 0.1) is 10.1 Å². The van der Waals surface area contributed by atoms with Crippen LogP contribution in [0.1, 0.15) is 44.5 Å². The summed E-state index contributed by atoms with van der Waals surface area (Å²) in [5, 5.41) is 26.3. The Kier molecular flexibility index (Phi) is 7.46. The van der Waals surface area contributed by atoms with E-state index in [1.807, 2.05) is 6.92 Å². The van der Waals surface area contributed by atoms with Crippen molar-refractivity contribution in [2.75, 3.05) is 5.32 Å². The van der Waals surface area contributed by atoms with Gasteiger partial charge in [-0.25, -0.2) is 4.98 Å². The molecule has 0 unspecified atom stereocenters. The number of non-ortho nitro benzene ring substituents is 1. The number of carbonyl (C=O) groups is 2. The van der Waals surface area contributed by atoms with Gasteiger partial charge in [0, 0.05) is 35.3 Å². The number of hydrogen-bond acceptors (Lipinski definition) is 7. The van der Waals surface area contributed by atoms with Gasteiger partial charge in [0.2, 0.25) is 0 Å². The van der Waals surface area contributed by atoms with Crippen LogP contribution in [0.4, 0.5) is 11.5 Å². The zero-order chi connectivity index (χ0) is 23.3. The Balaban J connectivity index is 2.69. The molecule has 0 spiro atoms. The fourth-order valence-corrected chi connectivity index (χ4v) is 2.79. The van der Waals surface area contributed by atoms with E-state index in [9.17, 15) is 29.6 Å². The number of amides is 1. The maximum atomic E-state index is 12.8. The number of benzene rings is 1. The average molecular weight is 431 g/mol. The normalized spacial score (nSPS) is 11.8. The Morgan fingerprint density at radius 1 is 1.26 bits per heavy atom. The van der Waals surface area contributed by atoms with Crippen LogP contribution in [-0.2, 0) is 11.3 Å². The molecule has 3 N–H and O–H groups in total. The third-order valence-corrected chi connectivity index (χ3v) is 4.45. The van der Waals surface area contributed by atoms with Crippen LogP contribution < -0.4 is 16.2 Å². The smallest absolute Gasteiger partial charge is 0.323 e. The fraction of sp³-hybridized carbons (Fsp3) is 0.400. The van der Waals surface area contributed by atoms with Gasteiger partial charge in [-0.15, -0.1) is 0 Å². The third kappa shape index (κ3) is 5.87. The molecule has 0 saturated heterocycles. The van der Waals surface area contributed by atoms with Crippen LogP contribution in [0.15, 0.2) is 29.2 Å². The minimum atomic E-state index is -1.27. The monoisotopic (exact) mass is 431 g/mol. The molecule has 2 aromatic rings. The van der Waals surface area contributed by atoms with Crippen LogP contribution in [0.25, 0.3) is 11.3 Å². The van der Waals surface area contributed by atoms with Crippen molar-refractivity contribution in [2.45, 2.75) is 52.7 Å². The van der Waals surface area contributed by atoms with Crippen LogP contribution in [0.5, 0.6) is 0 Å². The molecule has 11 nitrogen and oxygen atoms in total. The first-order valence-corrected chi connectivity index (χ1v) is 9.72. The van der Waals surface area contributed by atoms with Gasteiger partial charge < -0.3 is 15.7 Å². The van der Waals surface area contributed by atoms with Gasteiger partial charge in [-0.05, 0) is 33.3 Å². The molecule has 0 aliphatic rings. The minimum absolute atomic E-state index is 0.0169. The highest BCUT2D eigenvalue weighted by molar-refractivity contribution is 5.96. The molecule has 166 valence electrons. The standard InChI is InChI=1S/C20H25N5O6/c1-5-12(4)23-19(28)14-6-13(7-15(8-14)25(30)31)16-9-21-18(22-11(2)3)20(29)24(16)10-17(26)27/h6-9,11-12H,5,10H2,1-4H3,(H,21,22)(H,23,28)(H,26,27)/t12-/m1/s1. The minimum Gasteiger partial charge on any atom is -0.480 e. The maximum Gasteiger partial charge on any atom is 0.323 e. The van der Waals surface area contributed by atoms with Crippen molar-refractivity contribution in [3.63, 3.8) is 0 Å². The summed E-state index contributed by atoms with van der Waals surface area (Å²) in [5.41, 5.74) is -0.868. The van der Waals surface area contributed by atoms with E-state index < -0.39 is 28.9 Å². The van der Waals surface area contributed by atoms with Crippen molar-refractivity contribution in [1.82, 2.24) is 14.9 Å². The summed E-state index contributed by atoms with van der Waals surface area (Å²) in [5.74, 6) is -1.83. The average Bonchev–Trinajstić information content (AvgIpc) is 2.69. The van der Waals surface area contributed by atoms with E-state index in [1.165, 1.54) is 18.3 Å². The summed E-state index contributed by atoms with van der Waals surface area (Å²) in [6.07, 6.45) is 1.92. The Morgan fingerprint density at radius 3 is 2.48 bits per heavy atom. The van der Waals surface area contributed by atoms with Gasteiger partial charge in [-0.1, -0.05) is 6.92 Å². The van der Waals surface area contributed by atoms with E-state index in [-0.39, 0.29) is 40.4 Å². The fourth-order valence-electron chi connectivity index (χ4n) is 2.79. The molecule has 0 aliphatic heterocycles. The second kappa shape index (κ2) is 9.83. The Labute approximate surface area is 178 Å². The lowest BCUT2D eigenvalue weighted by atomic mass is 10.1. The molecule has 1 amide bonds. The largest absolute Gasteiger partial charge is 0.480 e. The molecule has 31 heavy (non-hydrogen) atoms. The topological polar surface area (TPSA) is 156 Å². The summed E-state index contributed by atoms with van der Waals surface area (Å²) in [7, 11) is 0. The summed E-state index contributed by atoms with van der Waals surface area (Å²) >= 11 is 0. The zero-order valence-corrected chi connectivity index (χ0v) is 17.7. The Morgan fingerprint density at radius 2 is 1.94 bits per heavy atom. The van der Waals surface area contributed by atoms with E-state index in [4.69, 9.17) is 0 Å². The predicted octanol–water partition coefficient (Wildman–Crippen LogP) is 2.25. The predicted molar refractivity (Wildman–Crippen MR) is 114 cm³/mol. The summed E-state index contributed by atoms with van der Waals surface area (Å²) in [6.45, 7) is 6.58. The number of nitrogens with zero attached hydrogens (tertiary/aromatic N) is 3. The molecular weight excluding hydrogens is 406 g/mol. The van der Waals surface area contributed by atoms with Gasteiger partial charge in [0.15, 0.2) is 5.82 Å². The molecule has 1 aromatic carbocycles. The van der Waals surface area contributed by atoms with Gasteiger partial charge in [0.1, 0.15) is 6.54 Å². The molecular formula is C20H25N5O6. The number of aliphatic carboxylic acids is 1. The van der Waals surface area contributed by atoms with Gasteiger partial charge in [0.25, 0.3) is 17.2 Å². The Bertz CT molecular complexity index is 1060. The molecule has 1 atom stereocenters. The van der Waals surface area contributed by atoms with E-state index >= 15 is 0 Å². The first-order valence-electron chi connectivity index (χ1n) is 9.72. The van der Waals surface area contributed by atoms with Crippen LogP contribution >= 0.6 is 0 Å². The molecule has 1 aromatic heterocycles. The molecule has 1 heterocycles. The van der Waals surface area contributed by atoms with Crippen molar-refractivity contribution in [3.8, 4) is 11.3 Å². The van der Waals surface area contributed by atoms with Crippen molar-refractivity contribution < 1.29 is 19.6 Å². The highest BCUT2D eigenvalue weighted by Crippen LogP contribution is 2.26. The quantitative estimate of drug-likeness (QED) is 0.403. The summed E-state index contributed by atoms with van der Waals surface area (Å²) in [4.78, 5) is 51.6.